The van der Waals surface area contributed by atoms with E-state index < -0.39 is 0 Å². The number of rotatable bonds is 6. The van der Waals surface area contributed by atoms with E-state index in [0.717, 1.165) is 32.8 Å². The summed E-state index contributed by atoms with van der Waals surface area (Å²) in [4.78, 5) is 9.86. The van der Waals surface area contributed by atoms with Crippen LogP contribution in [0, 0.1) is 0 Å². The van der Waals surface area contributed by atoms with Crippen molar-refractivity contribution in [2.45, 2.75) is 39.3 Å². The lowest BCUT2D eigenvalue weighted by molar-refractivity contribution is 0.301. The Hall–Kier alpha value is -2.93. The molecule has 0 unspecified atom stereocenters. The average molecular weight is 394 g/mol. The number of ether oxygens (including phenoxy) is 1. The monoisotopic (exact) mass is 393 g/mol. The van der Waals surface area contributed by atoms with Crippen LogP contribution >= 0.6 is 11.3 Å². The van der Waals surface area contributed by atoms with Crippen LogP contribution in [0.2, 0.25) is 0 Å². The van der Waals surface area contributed by atoms with Crippen molar-refractivity contribution < 1.29 is 4.74 Å². The molecule has 0 aliphatic carbocycles. The fourth-order valence-electron chi connectivity index (χ4n) is 2.70. The maximum Gasteiger partial charge on any atom is 0.214 e. The van der Waals surface area contributed by atoms with Crippen LogP contribution in [0.15, 0.2) is 54.9 Å². The molecule has 0 aliphatic rings. The van der Waals surface area contributed by atoms with Gasteiger partial charge in [0.25, 0.3) is 0 Å². The molecule has 0 atom stereocenters. The quantitative estimate of drug-likeness (QED) is 0.515. The van der Waals surface area contributed by atoms with E-state index in [0.29, 0.717) is 13.2 Å². The standard InChI is InChI=1S/C21H23N5OS/c1-21(2,3)18-13-26-20(24-18)28-19(25-26)23-12-15-7-6-9-17(11-15)27-14-16-8-4-5-10-22-16/h4-11,13H,12,14H2,1-3H3,(H,23,25). The number of pyridine rings is 1. The predicted molar refractivity (Wildman–Crippen MR) is 112 cm³/mol. The van der Waals surface area contributed by atoms with Gasteiger partial charge in [-0.2, -0.15) is 0 Å². The van der Waals surface area contributed by atoms with Crippen molar-refractivity contribution in [3.8, 4) is 5.75 Å². The highest BCUT2D eigenvalue weighted by Crippen LogP contribution is 2.26. The molecule has 0 spiro atoms. The minimum absolute atomic E-state index is 0.0245. The van der Waals surface area contributed by atoms with E-state index in [2.05, 4.69) is 47.2 Å². The highest BCUT2D eigenvalue weighted by molar-refractivity contribution is 7.20. The van der Waals surface area contributed by atoms with Gasteiger partial charge in [-0.25, -0.2) is 9.50 Å². The van der Waals surface area contributed by atoms with Gasteiger partial charge in [0.15, 0.2) is 0 Å². The van der Waals surface area contributed by atoms with Gasteiger partial charge in [-0.15, -0.1) is 5.10 Å². The first-order valence-electron chi connectivity index (χ1n) is 9.19. The Morgan fingerprint density at radius 2 is 2.04 bits per heavy atom. The number of anilines is 1. The fourth-order valence-corrected chi connectivity index (χ4v) is 3.47. The fraction of sp³-hybridized carbons (Fsp3) is 0.286. The smallest absolute Gasteiger partial charge is 0.214 e. The number of hydrogen-bond donors (Lipinski definition) is 1. The molecule has 1 aromatic carbocycles. The molecule has 0 radical (unpaired) electrons. The summed E-state index contributed by atoms with van der Waals surface area (Å²) >= 11 is 1.56. The maximum atomic E-state index is 5.85. The van der Waals surface area contributed by atoms with E-state index in [1.54, 1.807) is 17.5 Å². The first-order valence-corrected chi connectivity index (χ1v) is 10.0. The number of aromatic nitrogens is 4. The summed E-state index contributed by atoms with van der Waals surface area (Å²) in [5, 5.41) is 8.81. The van der Waals surface area contributed by atoms with Crippen LogP contribution < -0.4 is 10.1 Å². The summed E-state index contributed by atoms with van der Waals surface area (Å²) in [5.74, 6) is 0.828. The van der Waals surface area contributed by atoms with Crippen LogP contribution in [-0.2, 0) is 18.6 Å². The summed E-state index contributed by atoms with van der Waals surface area (Å²) in [6, 6.07) is 13.9. The zero-order valence-electron chi connectivity index (χ0n) is 16.2. The molecule has 0 saturated heterocycles. The molecule has 6 nitrogen and oxygen atoms in total. The Kier molecular flexibility index (Phi) is 5.00. The van der Waals surface area contributed by atoms with Gasteiger partial charge >= 0.3 is 0 Å². The number of benzene rings is 1. The van der Waals surface area contributed by atoms with Gasteiger partial charge in [-0.3, -0.25) is 4.98 Å². The van der Waals surface area contributed by atoms with E-state index in [1.807, 2.05) is 47.1 Å². The first kappa shape index (κ1) is 18.4. The number of imidazole rings is 1. The number of fused-ring (bicyclic) bond motifs is 1. The van der Waals surface area contributed by atoms with Gasteiger partial charge in [0, 0.05) is 18.2 Å². The molecule has 4 aromatic rings. The van der Waals surface area contributed by atoms with E-state index in [9.17, 15) is 0 Å². The zero-order chi connectivity index (χ0) is 19.6. The maximum absolute atomic E-state index is 5.85. The Morgan fingerprint density at radius 3 is 2.79 bits per heavy atom. The van der Waals surface area contributed by atoms with Crippen LogP contribution in [0.25, 0.3) is 4.96 Å². The van der Waals surface area contributed by atoms with Crippen molar-refractivity contribution in [1.29, 1.82) is 0 Å². The third-order valence-corrected chi connectivity index (χ3v) is 5.15. The second kappa shape index (κ2) is 7.59. The minimum Gasteiger partial charge on any atom is -0.487 e. The van der Waals surface area contributed by atoms with Gasteiger partial charge in [0.2, 0.25) is 10.1 Å². The van der Waals surface area contributed by atoms with Crippen molar-refractivity contribution in [2.75, 3.05) is 5.32 Å². The minimum atomic E-state index is 0.0245. The number of nitrogens with zero attached hydrogens (tertiary/aromatic N) is 4. The molecule has 3 aromatic heterocycles. The lowest BCUT2D eigenvalue weighted by Crippen LogP contribution is -2.11. The van der Waals surface area contributed by atoms with Crippen LogP contribution in [0.4, 0.5) is 5.13 Å². The third kappa shape index (κ3) is 4.31. The lowest BCUT2D eigenvalue weighted by Gasteiger charge is -2.13. The van der Waals surface area contributed by atoms with Crippen LogP contribution in [0.1, 0.15) is 37.7 Å². The van der Waals surface area contributed by atoms with Gasteiger partial charge in [-0.1, -0.05) is 50.3 Å². The third-order valence-electron chi connectivity index (χ3n) is 4.27. The molecule has 7 heteroatoms. The first-order chi connectivity index (χ1) is 13.5. The molecule has 0 saturated carbocycles. The molecule has 0 aliphatic heterocycles. The van der Waals surface area contributed by atoms with Crippen LogP contribution in [0.5, 0.6) is 5.75 Å². The van der Waals surface area contributed by atoms with Crippen molar-refractivity contribution in [2.24, 2.45) is 0 Å². The van der Waals surface area contributed by atoms with Crippen LogP contribution in [0.3, 0.4) is 0 Å². The van der Waals surface area contributed by atoms with Crippen LogP contribution in [-0.4, -0.2) is 19.6 Å². The van der Waals surface area contributed by atoms with Crippen molar-refractivity contribution in [1.82, 2.24) is 19.6 Å². The number of nitrogens with one attached hydrogen (secondary N) is 1. The summed E-state index contributed by atoms with van der Waals surface area (Å²) in [6.07, 6.45) is 3.78. The Labute approximate surface area is 168 Å². The molecular formula is C21H23N5OS. The lowest BCUT2D eigenvalue weighted by atomic mass is 9.93. The second-order valence-electron chi connectivity index (χ2n) is 7.62. The molecule has 0 fully saturated rings. The van der Waals surface area contributed by atoms with Gasteiger partial charge in [-0.05, 0) is 29.8 Å². The highest BCUT2D eigenvalue weighted by atomic mass is 32.1. The zero-order valence-corrected chi connectivity index (χ0v) is 17.0. The molecule has 3 heterocycles. The Balaban J connectivity index is 1.38. The van der Waals surface area contributed by atoms with Crippen molar-refractivity contribution in [3.63, 3.8) is 0 Å². The largest absolute Gasteiger partial charge is 0.487 e. The summed E-state index contributed by atoms with van der Waals surface area (Å²) in [7, 11) is 0. The van der Waals surface area contributed by atoms with Gasteiger partial charge in [0.05, 0.1) is 17.6 Å². The van der Waals surface area contributed by atoms with Crippen molar-refractivity contribution >= 4 is 21.4 Å². The van der Waals surface area contributed by atoms with Gasteiger partial charge < -0.3 is 10.1 Å². The summed E-state index contributed by atoms with van der Waals surface area (Å²) in [5.41, 5.74) is 3.11. The van der Waals surface area contributed by atoms with E-state index in [1.165, 1.54) is 0 Å². The molecular weight excluding hydrogens is 370 g/mol. The summed E-state index contributed by atoms with van der Waals surface area (Å²) in [6.45, 7) is 7.59. The highest BCUT2D eigenvalue weighted by Gasteiger charge is 2.19. The SMILES string of the molecule is CC(C)(C)c1cn2nc(NCc3cccc(OCc4ccccn4)c3)sc2n1. The predicted octanol–water partition coefficient (Wildman–Crippen LogP) is 4.67. The summed E-state index contributed by atoms with van der Waals surface area (Å²) < 4.78 is 7.70. The topological polar surface area (TPSA) is 64.3 Å². The normalized spacial score (nSPS) is 11.7. The molecule has 4 rings (SSSR count). The van der Waals surface area contributed by atoms with E-state index in [4.69, 9.17) is 4.74 Å². The molecule has 28 heavy (non-hydrogen) atoms. The molecule has 1 N–H and O–H groups in total. The Morgan fingerprint density at radius 1 is 1.14 bits per heavy atom. The number of hydrogen-bond acceptors (Lipinski definition) is 6. The van der Waals surface area contributed by atoms with E-state index >= 15 is 0 Å². The van der Waals surface area contributed by atoms with E-state index in [-0.39, 0.29) is 5.41 Å². The molecule has 0 bridgehead atoms. The average Bonchev–Trinajstić information content (AvgIpc) is 3.25. The van der Waals surface area contributed by atoms with Crippen molar-refractivity contribution in [3.05, 3.63) is 71.8 Å². The van der Waals surface area contributed by atoms with Gasteiger partial charge in [0.1, 0.15) is 12.4 Å². The molecule has 0 amide bonds. The Bertz CT molecular complexity index is 1030. The second-order valence-corrected chi connectivity index (χ2v) is 8.58. The molecule has 144 valence electrons.